The van der Waals surface area contributed by atoms with Gasteiger partial charge in [-0.1, -0.05) is 12.5 Å². The summed E-state index contributed by atoms with van der Waals surface area (Å²) in [6.45, 7) is 3.54. The largest absolute Gasteiger partial charge is 0.461 e. The number of hydrogen-bond acceptors (Lipinski definition) is 3. The van der Waals surface area contributed by atoms with Crippen LogP contribution in [0.25, 0.3) is 11.0 Å². The van der Waals surface area contributed by atoms with Gasteiger partial charge in [-0.3, -0.25) is 0 Å². The number of likely N-dealkylation sites (tertiary alicyclic amines) is 1. The predicted octanol–water partition coefficient (Wildman–Crippen LogP) is 3.20. The van der Waals surface area contributed by atoms with E-state index in [0.717, 1.165) is 41.5 Å². The lowest BCUT2D eigenvalue weighted by Crippen LogP contribution is -2.31. The fourth-order valence-electron chi connectivity index (χ4n) is 2.95. The lowest BCUT2D eigenvalue weighted by atomic mass is 10.1. The maximum Gasteiger partial charge on any atom is 0.134 e. The number of carbonyl (C=O) groups is 1. The average molecular weight is 271 g/mol. The van der Waals surface area contributed by atoms with Crippen molar-refractivity contribution in [1.29, 1.82) is 0 Å². The number of carbonyl (C=O) groups excluding carboxylic acids is 1. The lowest BCUT2D eigenvalue weighted by molar-refractivity contribution is -0.107. The number of aldehydes is 1. The molecule has 0 aliphatic carbocycles. The average Bonchev–Trinajstić information content (AvgIpc) is 2.89. The molecule has 2 aromatic rings. The highest BCUT2D eigenvalue weighted by Crippen LogP contribution is 2.22. The van der Waals surface area contributed by atoms with Crippen molar-refractivity contribution in [3.05, 3.63) is 35.6 Å². The van der Waals surface area contributed by atoms with Gasteiger partial charge in [-0.05, 0) is 49.7 Å². The standard InChI is InChI=1S/C17H21NO2/c19-11-7-14-4-5-17-15(12-14)13-16(20-17)6-10-18-8-2-1-3-9-18/h4-5,11-13H,1-3,6-10H2. The number of furan rings is 1. The van der Waals surface area contributed by atoms with Crippen molar-refractivity contribution in [2.45, 2.75) is 32.1 Å². The SMILES string of the molecule is O=CCc1ccc2oc(CCN3CCCCC3)cc2c1. The van der Waals surface area contributed by atoms with Crippen LogP contribution in [0, 0.1) is 0 Å². The van der Waals surface area contributed by atoms with Crippen molar-refractivity contribution >= 4 is 17.3 Å². The van der Waals surface area contributed by atoms with Gasteiger partial charge in [0, 0.05) is 24.8 Å². The molecule has 1 aliphatic heterocycles. The van der Waals surface area contributed by atoms with Crippen LogP contribution in [-0.2, 0) is 17.6 Å². The number of hydrogen-bond donors (Lipinski definition) is 0. The minimum Gasteiger partial charge on any atom is -0.461 e. The molecule has 3 nitrogen and oxygen atoms in total. The van der Waals surface area contributed by atoms with Gasteiger partial charge in [-0.15, -0.1) is 0 Å². The van der Waals surface area contributed by atoms with Gasteiger partial charge in [-0.25, -0.2) is 0 Å². The third kappa shape index (κ3) is 3.10. The second-order valence-electron chi connectivity index (χ2n) is 5.61. The number of rotatable bonds is 5. The van der Waals surface area contributed by atoms with Crippen LogP contribution in [0.5, 0.6) is 0 Å². The van der Waals surface area contributed by atoms with E-state index < -0.39 is 0 Å². The van der Waals surface area contributed by atoms with E-state index in [1.54, 1.807) is 0 Å². The van der Waals surface area contributed by atoms with Crippen LogP contribution >= 0.6 is 0 Å². The van der Waals surface area contributed by atoms with Crippen molar-refractivity contribution in [2.75, 3.05) is 19.6 Å². The summed E-state index contributed by atoms with van der Waals surface area (Å²) in [6, 6.07) is 8.11. The quantitative estimate of drug-likeness (QED) is 0.783. The molecule has 0 amide bonds. The third-order valence-corrected chi connectivity index (χ3v) is 4.07. The minimum absolute atomic E-state index is 0.476. The number of fused-ring (bicyclic) bond motifs is 1. The molecule has 1 aromatic carbocycles. The molecule has 0 spiro atoms. The molecule has 1 fully saturated rings. The maximum absolute atomic E-state index is 10.6. The van der Waals surface area contributed by atoms with Gasteiger partial charge in [-0.2, -0.15) is 0 Å². The molecule has 3 heteroatoms. The van der Waals surface area contributed by atoms with Crippen LogP contribution in [0.15, 0.2) is 28.7 Å². The van der Waals surface area contributed by atoms with Crippen LogP contribution < -0.4 is 0 Å². The highest BCUT2D eigenvalue weighted by Gasteiger charge is 2.11. The van der Waals surface area contributed by atoms with E-state index in [9.17, 15) is 4.79 Å². The zero-order valence-corrected chi connectivity index (χ0v) is 11.8. The molecular weight excluding hydrogens is 250 g/mol. The number of benzene rings is 1. The van der Waals surface area contributed by atoms with Gasteiger partial charge < -0.3 is 14.1 Å². The predicted molar refractivity (Wildman–Crippen MR) is 80.0 cm³/mol. The Morgan fingerprint density at radius 1 is 1.15 bits per heavy atom. The van der Waals surface area contributed by atoms with Crippen molar-refractivity contribution in [2.24, 2.45) is 0 Å². The molecule has 0 radical (unpaired) electrons. The molecule has 20 heavy (non-hydrogen) atoms. The molecule has 2 heterocycles. The Balaban J connectivity index is 1.67. The monoisotopic (exact) mass is 271 g/mol. The van der Waals surface area contributed by atoms with Gasteiger partial charge in [0.05, 0.1) is 0 Å². The minimum atomic E-state index is 0.476. The Morgan fingerprint density at radius 2 is 2.00 bits per heavy atom. The summed E-state index contributed by atoms with van der Waals surface area (Å²) in [7, 11) is 0. The Hall–Kier alpha value is -1.61. The van der Waals surface area contributed by atoms with Crippen LogP contribution in [0.2, 0.25) is 0 Å². The summed E-state index contributed by atoms with van der Waals surface area (Å²) < 4.78 is 5.88. The highest BCUT2D eigenvalue weighted by molar-refractivity contribution is 5.79. The van der Waals surface area contributed by atoms with Crippen LogP contribution in [-0.4, -0.2) is 30.8 Å². The first-order valence-corrected chi connectivity index (χ1v) is 7.52. The molecule has 0 saturated carbocycles. The fourth-order valence-corrected chi connectivity index (χ4v) is 2.95. The zero-order valence-electron chi connectivity index (χ0n) is 11.8. The Bertz CT molecular complexity index is 582. The van der Waals surface area contributed by atoms with E-state index in [0.29, 0.717) is 6.42 Å². The van der Waals surface area contributed by atoms with Crippen molar-refractivity contribution in [3.8, 4) is 0 Å². The van der Waals surface area contributed by atoms with Crippen molar-refractivity contribution in [3.63, 3.8) is 0 Å². The van der Waals surface area contributed by atoms with E-state index in [1.165, 1.54) is 32.4 Å². The molecular formula is C17H21NO2. The van der Waals surface area contributed by atoms with E-state index in [2.05, 4.69) is 17.0 Å². The first kappa shape index (κ1) is 13.4. The van der Waals surface area contributed by atoms with Crippen LogP contribution in [0.4, 0.5) is 0 Å². The Kier molecular flexibility index (Phi) is 4.16. The Morgan fingerprint density at radius 3 is 2.80 bits per heavy atom. The van der Waals surface area contributed by atoms with E-state index in [4.69, 9.17) is 4.42 Å². The number of nitrogens with zero attached hydrogens (tertiary/aromatic N) is 1. The maximum atomic E-state index is 10.6. The summed E-state index contributed by atoms with van der Waals surface area (Å²) in [5, 5.41) is 1.11. The fraction of sp³-hybridized carbons (Fsp3) is 0.471. The van der Waals surface area contributed by atoms with Crippen molar-refractivity contribution < 1.29 is 9.21 Å². The molecule has 1 aromatic heterocycles. The summed E-state index contributed by atoms with van der Waals surface area (Å²) in [6.07, 6.45) is 6.42. The van der Waals surface area contributed by atoms with E-state index in [-0.39, 0.29) is 0 Å². The van der Waals surface area contributed by atoms with Gasteiger partial charge >= 0.3 is 0 Å². The lowest BCUT2D eigenvalue weighted by Gasteiger charge is -2.25. The molecule has 106 valence electrons. The first-order chi connectivity index (χ1) is 9.85. The normalized spacial score (nSPS) is 16.6. The topological polar surface area (TPSA) is 33.5 Å². The van der Waals surface area contributed by atoms with Gasteiger partial charge in [0.15, 0.2) is 0 Å². The molecule has 0 unspecified atom stereocenters. The smallest absolute Gasteiger partial charge is 0.134 e. The summed E-state index contributed by atoms with van der Waals surface area (Å²) >= 11 is 0. The zero-order chi connectivity index (χ0) is 13.8. The third-order valence-electron chi connectivity index (χ3n) is 4.07. The molecule has 1 aliphatic rings. The second kappa shape index (κ2) is 6.23. The highest BCUT2D eigenvalue weighted by atomic mass is 16.3. The molecule has 1 saturated heterocycles. The van der Waals surface area contributed by atoms with E-state index in [1.807, 2.05) is 12.1 Å². The molecule has 0 atom stereocenters. The summed E-state index contributed by atoms with van der Waals surface area (Å²) in [4.78, 5) is 13.1. The number of piperidine rings is 1. The summed E-state index contributed by atoms with van der Waals surface area (Å²) in [5.74, 6) is 1.05. The Labute approximate surface area is 119 Å². The van der Waals surface area contributed by atoms with Gasteiger partial charge in [0.1, 0.15) is 17.6 Å². The second-order valence-corrected chi connectivity index (χ2v) is 5.61. The van der Waals surface area contributed by atoms with Crippen LogP contribution in [0.1, 0.15) is 30.6 Å². The van der Waals surface area contributed by atoms with Crippen LogP contribution in [0.3, 0.4) is 0 Å². The van der Waals surface area contributed by atoms with Gasteiger partial charge in [0.25, 0.3) is 0 Å². The molecule has 0 bridgehead atoms. The summed E-state index contributed by atoms with van der Waals surface area (Å²) in [5.41, 5.74) is 1.98. The van der Waals surface area contributed by atoms with Crippen molar-refractivity contribution in [1.82, 2.24) is 4.90 Å². The molecule has 0 N–H and O–H groups in total. The molecule has 3 rings (SSSR count). The van der Waals surface area contributed by atoms with Gasteiger partial charge in [0.2, 0.25) is 0 Å². The first-order valence-electron chi connectivity index (χ1n) is 7.52. The van der Waals surface area contributed by atoms with E-state index >= 15 is 0 Å².